The van der Waals surface area contributed by atoms with E-state index in [-0.39, 0.29) is 0 Å². The second kappa shape index (κ2) is 27.9. The highest BCUT2D eigenvalue weighted by Gasteiger charge is 2.30. The third-order valence-electron chi connectivity index (χ3n) is 13.5. The van der Waals surface area contributed by atoms with Crippen molar-refractivity contribution in [2.24, 2.45) is 23.7 Å². The number of thiophene rings is 3. The molecule has 364 valence electrons. The lowest BCUT2D eigenvalue weighted by Crippen LogP contribution is -2.14. The van der Waals surface area contributed by atoms with E-state index in [2.05, 4.69) is 127 Å². The monoisotopic (exact) mass is 965 g/mol. The van der Waals surface area contributed by atoms with Crippen LogP contribution in [0.4, 0.5) is 0 Å². The van der Waals surface area contributed by atoms with Gasteiger partial charge >= 0.3 is 0 Å². The number of rotatable bonds is 32. The Kier molecular flexibility index (Phi) is 21.9. The van der Waals surface area contributed by atoms with Crippen LogP contribution >= 0.6 is 34.0 Å². The first kappa shape index (κ1) is 52.5. The van der Waals surface area contributed by atoms with Crippen molar-refractivity contribution < 1.29 is 18.9 Å². The van der Waals surface area contributed by atoms with Crippen molar-refractivity contribution in [2.75, 3.05) is 26.4 Å². The molecule has 2 aromatic carbocycles. The lowest BCUT2D eigenvalue weighted by molar-refractivity contribution is 0.201. The average molecular weight is 965 g/mol. The van der Waals surface area contributed by atoms with E-state index in [1.54, 1.807) is 34.0 Å². The zero-order valence-electron chi connectivity index (χ0n) is 42.1. The van der Waals surface area contributed by atoms with Gasteiger partial charge in [-0.1, -0.05) is 193 Å². The molecule has 0 fully saturated rings. The molecule has 6 aromatic rings. The molecule has 0 bridgehead atoms. The van der Waals surface area contributed by atoms with Crippen LogP contribution in [0.15, 0.2) is 71.4 Å². The first-order valence-electron chi connectivity index (χ1n) is 26.1. The van der Waals surface area contributed by atoms with E-state index in [1.165, 1.54) is 64.2 Å². The summed E-state index contributed by atoms with van der Waals surface area (Å²) in [6.45, 7) is 20.9. The van der Waals surface area contributed by atoms with Crippen LogP contribution in [0.25, 0.3) is 53.1 Å². The summed E-state index contributed by atoms with van der Waals surface area (Å²) < 4.78 is 27.8. The lowest BCUT2D eigenvalue weighted by Gasteiger charge is -2.19. The number of aromatic nitrogens is 2. The Morgan fingerprint density at radius 3 is 1.06 bits per heavy atom. The highest BCUT2D eigenvalue weighted by Crippen LogP contribution is 2.56. The van der Waals surface area contributed by atoms with Gasteiger partial charge in [-0.2, -0.15) is 0 Å². The lowest BCUT2D eigenvalue weighted by atomic mass is 10.0. The Morgan fingerprint density at radius 2 is 0.746 bits per heavy atom. The molecule has 0 aliphatic carbocycles. The van der Waals surface area contributed by atoms with Gasteiger partial charge in [0.1, 0.15) is 11.0 Å². The van der Waals surface area contributed by atoms with E-state index < -0.39 is 0 Å². The predicted octanol–water partition coefficient (Wildman–Crippen LogP) is 18.9. The maximum absolute atomic E-state index is 7.06. The molecule has 9 heteroatoms. The van der Waals surface area contributed by atoms with Crippen molar-refractivity contribution in [3.63, 3.8) is 0 Å². The van der Waals surface area contributed by atoms with Crippen molar-refractivity contribution in [1.29, 1.82) is 0 Å². The second-order valence-electron chi connectivity index (χ2n) is 18.5. The summed E-state index contributed by atoms with van der Waals surface area (Å²) >= 11 is 5.16. The Labute approximate surface area is 416 Å². The molecule has 0 amide bonds. The third-order valence-corrected chi connectivity index (χ3v) is 16.9. The molecule has 0 spiro atoms. The zero-order chi connectivity index (χ0) is 47.4. The maximum Gasteiger partial charge on any atom is 0.180 e. The minimum Gasteiger partial charge on any atom is -0.489 e. The fraction of sp³-hybridized carbons (Fsp3) is 0.552. The number of fused-ring (bicyclic) bond motifs is 1. The van der Waals surface area contributed by atoms with Crippen LogP contribution < -0.4 is 18.9 Å². The molecule has 0 saturated carbocycles. The molecule has 4 aromatic heterocycles. The molecule has 0 aliphatic heterocycles. The first-order chi connectivity index (χ1) is 32.9. The van der Waals surface area contributed by atoms with Gasteiger partial charge in [-0.05, 0) is 49.4 Å². The van der Waals surface area contributed by atoms with Crippen molar-refractivity contribution in [1.82, 2.24) is 9.97 Å². The van der Waals surface area contributed by atoms with E-state index in [1.807, 2.05) is 0 Å². The Balaban J connectivity index is 1.58. The molecule has 4 heterocycles. The number of hydrogen-bond donors (Lipinski definition) is 0. The minimum atomic E-state index is 0.463. The molecule has 67 heavy (non-hydrogen) atoms. The van der Waals surface area contributed by atoms with E-state index in [9.17, 15) is 0 Å². The predicted molar refractivity (Wildman–Crippen MR) is 290 cm³/mol. The van der Waals surface area contributed by atoms with Crippen LogP contribution in [0.1, 0.15) is 158 Å². The molecular formula is C58H80N2O4S3. The molecule has 4 unspecified atom stereocenters. The van der Waals surface area contributed by atoms with Gasteiger partial charge in [0.15, 0.2) is 23.0 Å². The molecule has 0 N–H and O–H groups in total. The van der Waals surface area contributed by atoms with Crippen LogP contribution in [-0.2, 0) is 0 Å². The van der Waals surface area contributed by atoms with Gasteiger partial charge in [0, 0.05) is 21.9 Å². The SMILES string of the molecule is CCCCC(CC)COc1csc(-c2sc(-c3scc(OCC(CC)CCCC)c3OCC(CC)CCCC)c3nc(-c4ccccc4)c(-c4ccccc4)nc23)c1OCC(CC)CCCC. The summed E-state index contributed by atoms with van der Waals surface area (Å²) in [5.41, 5.74) is 5.51. The van der Waals surface area contributed by atoms with E-state index >= 15 is 0 Å². The third kappa shape index (κ3) is 14.1. The van der Waals surface area contributed by atoms with Gasteiger partial charge in [0.2, 0.25) is 0 Å². The average Bonchev–Trinajstić information content (AvgIpc) is 4.08. The smallest absolute Gasteiger partial charge is 0.180 e. The molecule has 0 aliphatic rings. The molecule has 0 saturated heterocycles. The fourth-order valence-corrected chi connectivity index (χ4v) is 12.0. The molecule has 6 nitrogen and oxygen atoms in total. The fourth-order valence-electron chi connectivity index (χ4n) is 8.71. The van der Waals surface area contributed by atoms with Crippen LogP contribution in [-0.4, -0.2) is 36.4 Å². The quantitative estimate of drug-likeness (QED) is 0.0420. The van der Waals surface area contributed by atoms with Gasteiger partial charge in [0.25, 0.3) is 0 Å². The first-order valence-corrected chi connectivity index (χ1v) is 28.7. The summed E-state index contributed by atoms with van der Waals surface area (Å²) in [7, 11) is 0. The number of hydrogen-bond acceptors (Lipinski definition) is 9. The molecular weight excluding hydrogens is 885 g/mol. The number of benzene rings is 2. The summed E-state index contributed by atoms with van der Waals surface area (Å²) in [6.07, 6.45) is 18.5. The van der Waals surface area contributed by atoms with E-state index in [4.69, 9.17) is 28.9 Å². The number of unbranched alkanes of at least 4 members (excludes halogenated alkanes) is 4. The second-order valence-corrected chi connectivity index (χ2v) is 21.3. The summed E-state index contributed by atoms with van der Waals surface area (Å²) in [5, 5.41) is 4.35. The van der Waals surface area contributed by atoms with Crippen LogP contribution in [0.5, 0.6) is 23.0 Å². The maximum atomic E-state index is 7.06. The van der Waals surface area contributed by atoms with E-state index in [0.717, 1.165) is 115 Å². The summed E-state index contributed by atoms with van der Waals surface area (Å²) in [5.74, 6) is 5.26. The van der Waals surface area contributed by atoms with Gasteiger partial charge in [-0.15, -0.1) is 34.0 Å². The highest BCUT2D eigenvalue weighted by molar-refractivity contribution is 7.27. The normalized spacial score (nSPS) is 13.4. The van der Waals surface area contributed by atoms with Crippen LogP contribution in [0, 0.1) is 23.7 Å². The van der Waals surface area contributed by atoms with Crippen LogP contribution in [0.2, 0.25) is 0 Å². The number of nitrogens with zero attached hydrogens (tertiary/aromatic N) is 2. The Bertz CT molecular complexity index is 2160. The van der Waals surface area contributed by atoms with Gasteiger partial charge in [0.05, 0.1) is 57.3 Å². The standard InChI is InChI=1S/C58H80N2O4S3/c1-9-17-27-41(13-5)35-61-47-39-65-57(53(47)63-37-43(15-7)29-19-11-3)55-51-52(60-50(46-33-25-22-26-34-46)49(59-51)45-31-23-21-24-32-45)56(67-55)58-54(64-38-44(16-8)30-20-12-4)48(40-66-58)62-36-42(14-6)28-18-10-2/h21-26,31-34,39-44H,9-20,27-30,35-38H2,1-8H3. The molecule has 0 radical (unpaired) electrons. The highest BCUT2D eigenvalue weighted by atomic mass is 32.1. The van der Waals surface area contributed by atoms with Crippen molar-refractivity contribution in [2.45, 2.75) is 158 Å². The van der Waals surface area contributed by atoms with E-state index in [0.29, 0.717) is 50.1 Å². The summed E-state index contributed by atoms with van der Waals surface area (Å²) in [4.78, 5) is 15.6. The van der Waals surface area contributed by atoms with Gasteiger partial charge in [-0.25, -0.2) is 9.97 Å². The minimum absolute atomic E-state index is 0.463. The zero-order valence-corrected chi connectivity index (χ0v) is 44.6. The van der Waals surface area contributed by atoms with Gasteiger partial charge in [-0.3, -0.25) is 0 Å². The van der Waals surface area contributed by atoms with Crippen LogP contribution in [0.3, 0.4) is 0 Å². The largest absolute Gasteiger partial charge is 0.489 e. The van der Waals surface area contributed by atoms with Gasteiger partial charge < -0.3 is 18.9 Å². The Hall–Kier alpha value is -3.92. The number of ether oxygens (including phenoxy) is 4. The molecule has 6 rings (SSSR count). The molecule has 4 atom stereocenters. The summed E-state index contributed by atoms with van der Waals surface area (Å²) in [6, 6.07) is 21.1. The van der Waals surface area contributed by atoms with Crippen molar-refractivity contribution in [3.05, 3.63) is 71.4 Å². The topological polar surface area (TPSA) is 62.7 Å². The van der Waals surface area contributed by atoms with Crippen molar-refractivity contribution >= 4 is 45.0 Å². The Morgan fingerprint density at radius 1 is 0.418 bits per heavy atom. The van der Waals surface area contributed by atoms with Crippen molar-refractivity contribution in [3.8, 4) is 65.0 Å².